The van der Waals surface area contributed by atoms with E-state index < -0.39 is 16.6 Å². The largest absolute Gasteiger partial charge is 0.544 e. The molecule has 0 fully saturated rings. The summed E-state index contributed by atoms with van der Waals surface area (Å²) < 4.78 is 14.9. The maximum Gasteiger partial charge on any atom is 0.258 e. The Hall–Kier alpha value is -0.0662. The molecule has 0 radical (unpaired) electrons. The molecule has 0 saturated heterocycles. The van der Waals surface area contributed by atoms with E-state index >= 15 is 0 Å². The molecule has 0 aromatic heterocycles. The maximum atomic E-state index is 7.53. The molecule has 1 aliphatic rings. The molecule has 1 unspecified atom stereocenters. The fourth-order valence-electron chi connectivity index (χ4n) is 6.87. The van der Waals surface area contributed by atoms with Gasteiger partial charge in [0.05, 0.1) is 0 Å². The fraction of sp³-hybridized carbons (Fsp3) is 0.926. The Morgan fingerprint density at radius 2 is 1.29 bits per heavy atom. The highest BCUT2D eigenvalue weighted by Gasteiger charge is 2.64. The molecule has 0 aliphatic carbocycles. The van der Waals surface area contributed by atoms with Crippen LogP contribution in [0.4, 0.5) is 0 Å². The first kappa shape index (κ1) is 29.0. The van der Waals surface area contributed by atoms with Gasteiger partial charge in [-0.05, 0) is 51.2 Å². The van der Waals surface area contributed by atoms with E-state index in [1.54, 1.807) is 5.20 Å². The van der Waals surface area contributed by atoms with Crippen molar-refractivity contribution in [2.75, 3.05) is 0 Å². The van der Waals surface area contributed by atoms with Crippen LogP contribution in [0.3, 0.4) is 0 Å². The molecule has 0 spiro atoms. The molecule has 2 nitrogen and oxygen atoms in total. The molecule has 31 heavy (non-hydrogen) atoms. The third kappa shape index (κ3) is 5.21. The quantitative estimate of drug-likeness (QED) is 0.297. The van der Waals surface area contributed by atoms with Gasteiger partial charge in [0.1, 0.15) is 11.9 Å². The monoisotopic (exact) mass is 468 g/mol. The Morgan fingerprint density at radius 1 is 0.839 bits per heavy atom. The summed E-state index contributed by atoms with van der Waals surface area (Å²) in [5, 5.41) is 1.87. The summed E-state index contributed by atoms with van der Waals surface area (Å²) in [7, 11) is -4.33. The molecule has 0 N–H and O–H groups in total. The van der Waals surface area contributed by atoms with Gasteiger partial charge < -0.3 is 8.85 Å². The van der Waals surface area contributed by atoms with Gasteiger partial charge in [-0.1, -0.05) is 110 Å². The van der Waals surface area contributed by atoms with Crippen LogP contribution in [0.5, 0.6) is 0 Å². The maximum absolute atomic E-state index is 7.53. The lowest BCUT2D eigenvalue weighted by Gasteiger charge is -2.50. The number of hydrogen-bond acceptors (Lipinski definition) is 2. The van der Waals surface area contributed by atoms with Crippen LogP contribution in [-0.4, -0.2) is 22.7 Å². The average molecular weight is 469 g/mol. The first-order chi connectivity index (χ1) is 14.0. The van der Waals surface area contributed by atoms with Crippen LogP contribution in [-0.2, 0) is 8.85 Å². The normalized spacial score (nSPS) is 20.5. The SMILES string of the molecule is CCCCC1=C(O[Si](C(C)C)(C(C)C)C(C)C)C(CCC)O[Si]1(C(C)(C)C)C(C)(C)C. The lowest BCUT2D eigenvalue weighted by Crippen LogP contribution is -2.55. The summed E-state index contributed by atoms with van der Waals surface area (Å²) in [6, 6.07) is 0. The van der Waals surface area contributed by atoms with Crippen molar-refractivity contribution in [2.45, 2.75) is 162 Å². The van der Waals surface area contributed by atoms with E-state index in [9.17, 15) is 0 Å². The Morgan fingerprint density at radius 3 is 1.61 bits per heavy atom. The van der Waals surface area contributed by atoms with E-state index in [0.717, 1.165) is 19.3 Å². The van der Waals surface area contributed by atoms with Crippen molar-refractivity contribution in [3.8, 4) is 0 Å². The lowest BCUT2D eigenvalue weighted by molar-refractivity contribution is 0.160. The van der Waals surface area contributed by atoms with Crippen LogP contribution in [0.1, 0.15) is 129 Å². The second-order valence-electron chi connectivity index (χ2n) is 12.9. The molecule has 0 amide bonds. The smallest absolute Gasteiger partial charge is 0.258 e. The predicted molar refractivity (Wildman–Crippen MR) is 144 cm³/mol. The van der Waals surface area contributed by atoms with E-state index in [4.69, 9.17) is 8.85 Å². The molecule has 1 heterocycles. The molecule has 184 valence electrons. The molecule has 0 saturated carbocycles. The van der Waals surface area contributed by atoms with E-state index in [-0.39, 0.29) is 16.2 Å². The highest BCUT2D eigenvalue weighted by molar-refractivity contribution is 6.87. The van der Waals surface area contributed by atoms with Crippen molar-refractivity contribution in [3.05, 3.63) is 11.0 Å². The van der Waals surface area contributed by atoms with Gasteiger partial charge in [-0.2, -0.15) is 0 Å². The number of hydrogen-bond donors (Lipinski definition) is 0. The first-order valence-electron chi connectivity index (χ1n) is 13.1. The van der Waals surface area contributed by atoms with Gasteiger partial charge >= 0.3 is 0 Å². The van der Waals surface area contributed by atoms with Crippen LogP contribution < -0.4 is 0 Å². The molecular weight excluding hydrogens is 412 g/mol. The number of rotatable bonds is 10. The van der Waals surface area contributed by atoms with Crippen LogP contribution in [0, 0.1) is 0 Å². The Balaban J connectivity index is 3.91. The summed E-state index contributed by atoms with van der Waals surface area (Å²) in [6.07, 6.45) is 5.94. The van der Waals surface area contributed by atoms with Crippen molar-refractivity contribution >= 4 is 16.6 Å². The zero-order chi connectivity index (χ0) is 24.4. The summed E-state index contributed by atoms with van der Waals surface area (Å²) >= 11 is 0. The van der Waals surface area contributed by atoms with Gasteiger partial charge in [0, 0.05) is 0 Å². The summed E-state index contributed by atoms with van der Waals surface area (Å²) in [4.78, 5) is 0. The summed E-state index contributed by atoms with van der Waals surface area (Å²) in [5.74, 6) is 1.30. The van der Waals surface area contributed by atoms with Crippen LogP contribution in [0.25, 0.3) is 0 Å². The Kier molecular flexibility index (Phi) is 9.78. The standard InChI is InChI=1S/C27H56O2Si2/c1-15-17-19-24-25(29-30(20(3)4,21(5)6)22(7)8)23(18-16-2)28-31(24,26(9,10)11)27(12,13)14/h20-23H,15-19H2,1-14H3. The van der Waals surface area contributed by atoms with Crippen molar-refractivity contribution in [2.24, 2.45) is 0 Å². The highest BCUT2D eigenvalue weighted by Crippen LogP contribution is 2.61. The molecule has 1 atom stereocenters. The van der Waals surface area contributed by atoms with Crippen LogP contribution in [0.15, 0.2) is 11.0 Å². The molecule has 0 aromatic carbocycles. The minimum absolute atomic E-state index is 0.128. The second kappa shape index (κ2) is 10.5. The second-order valence-corrected chi connectivity index (χ2v) is 23.5. The molecule has 1 aliphatic heterocycles. The van der Waals surface area contributed by atoms with Crippen LogP contribution >= 0.6 is 0 Å². The fourth-order valence-corrected chi connectivity index (χ4v) is 19.0. The lowest BCUT2D eigenvalue weighted by atomic mass is 10.1. The minimum Gasteiger partial charge on any atom is -0.544 e. The number of allylic oxidation sites excluding steroid dienone is 1. The van der Waals surface area contributed by atoms with E-state index in [0.29, 0.717) is 16.6 Å². The predicted octanol–water partition coefficient (Wildman–Crippen LogP) is 9.91. The Labute approximate surface area is 198 Å². The zero-order valence-electron chi connectivity index (χ0n) is 23.7. The molecule has 1 rings (SSSR count). The van der Waals surface area contributed by atoms with Gasteiger partial charge in [-0.25, -0.2) is 0 Å². The van der Waals surface area contributed by atoms with Gasteiger partial charge in [-0.3, -0.25) is 0 Å². The summed E-state index contributed by atoms with van der Waals surface area (Å²) in [5.41, 5.74) is 1.74. The molecule has 4 heteroatoms. The third-order valence-electron chi connectivity index (χ3n) is 7.77. The van der Waals surface area contributed by atoms with Crippen molar-refractivity contribution in [1.82, 2.24) is 0 Å². The third-order valence-corrected chi connectivity index (χ3v) is 20.0. The zero-order valence-corrected chi connectivity index (χ0v) is 25.7. The van der Waals surface area contributed by atoms with Gasteiger partial charge in [0.15, 0.2) is 0 Å². The first-order valence-corrected chi connectivity index (χ1v) is 17.2. The van der Waals surface area contributed by atoms with Gasteiger partial charge in [0.25, 0.3) is 8.32 Å². The topological polar surface area (TPSA) is 18.5 Å². The van der Waals surface area contributed by atoms with Crippen molar-refractivity contribution < 1.29 is 8.85 Å². The minimum atomic E-state index is -2.29. The van der Waals surface area contributed by atoms with Gasteiger partial charge in [-0.15, -0.1) is 0 Å². The van der Waals surface area contributed by atoms with E-state index in [1.807, 2.05) is 0 Å². The average Bonchev–Trinajstić information content (AvgIpc) is 2.91. The molecule has 0 aromatic rings. The molecule has 0 bridgehead atoms. The number of unbranched alkanes of at least 4 members (excludes halogenated alkanes) is 1. The highest BCUT2D eigenvalue weighted by atomic mass is 28.4. The molecular formula is C27H56O2Si2. The van der Waals surface area contributed by atoms with Crippen molar-refractivity contribution in [3.63, 3.8) is 0 Å². The van der Waals surface area contributed by atoms with E-state index in [1.165, 1.54) is 18.6 Å². The van der Waals surface area contributed by atoms with Gasteiger partial charge in [0.2, 0.25) is 8.32 Å². The Bertz CT molecular complexity index is 570. The van der Waals surface area contributed by atoms with Crippen LogP contribution in [0.2, 0.25) is 26.7 Å². The van der Waals surface area contributed by atoms with Crippen molar-refractivity contribution in [1.29, 1.82) is 0 Å². The summed E-state index contributed by atoms with van der Waals surface area (Å²) in [6.45, 7) is 33.6. The van der Waals surface area contributed by atoms with E-state index in [2.05, 4.69) is 96.9 Å².